The van der Waals surface area contributed by atoms with E-state index in [4.69, 9.17) is 10.7 Å². The van der Waals surface area contributed by atoms with Crippen molar-refractivity contribution in [2.24, 2.45) is 5.92 Å². The molecule has 1 amide bonds. The number of hydrogen-bond donors (Lipinski definition) is 0. The molecule has 0 aliphatic carbocycles. The van der Waals surface area contributed by atoms with Crippen LogP contribution in [-0.4, -0.2) is 20.9 Å². The van der Waals surface area contributed by atoms with Gasteiger partial charge in [-0.3, -0.25) is 4.79 Å². The van der Waals surface area contributed by atoms with Crippen LogP contribution in [0.2, 0.25) is 0 Å². The molecular formula is C12H14ClNO3S. The largest absolute Gasteiger partial charge is 0.312 e. The van der Waals surface area contributed by atoms with Crippen LogP contribution < -0.4 is 4.90 Å². The maximum atomic E-state index is 11.9. The Bertz CT molecular complexity index is 595. The highest BCUT2D eigenvalue weighted by Crippen LogP contribution is 2.32. The van der Waals surface area contributed by atoms with Crippen molar-refractivity contribution < 1.29 is 13.2 Å². The third kappa shape index (κ3) is 2.52. The van der Waals surface area contributed by atoms with Crippen LogP contribution in [0.4, 0.5) is 5.69 Å². The first-order valence-corrected chi connectivity index (χ1v) is 7.98. The Kier molecular flexibility index (Phi) is 3.38. The number of amides is 1. The Morgan fingerprint density at radius 1 is 1.39 bits per heavy atom. The van der Waals surface area contributed by atoms with Crippen LogP contribution in [0.25, 0.3) is 0 Å². The van der Waals surface area contributed by atoms with Gasteiger partial charge in [-0.2, -0.15) is 0 Å². The van der Waals surface area contributed by atoms with E-state index in [1.807, 2.05) is 13.8 Å². The molecule has 4 nitrogen and oxygen atoms in total. The van der Waals surface area contributed by atoms with Gasteiger partial charge in [-0.05, 0) is 29.7 Å². The molecular weight excluding hydrogens is 274 g/mol. The van der Waals surface area contributed by atoms with Gasteiger partial charge in [0.2, 0.25) is 5.91 Å². The molecule has 0 bridgehead atoms. The lowest BCUT2D eigenvalue weighted by atomic mass is 10.1. The van der Waals surface area contributed by atoms with E-state index in [9.17, 15) is 13.2 Å². The number of halogens is 1. The van der Waals surface area contributed by atoms with E-state index in [0.717, 1.165) is 11.3 Å². The van der Waals surface area contributed by atoms with E-state index in [-0.39, 0.29) is 17.2 Å². The summed E-state index contributed by atoms with van der Waals surface area (Å²) in [6.45, 7) is 4.70. The average molecular weight is 288 g/mol. The number of carbonyl (C=O) groups is 1. The Balaban J connectivity index is 2.41. The minimum absolute atomic E-state index is 0.00261. The highest BCUT2D eigenvalue weighted by Gasteiger charge is 2.28. The Hall–Kier alpha value is -1.07. The summed E-state index contributed by atoms with van der Waals surface area (Å²) in [5, 5.41) is 0. The van der Waals surface area contributed by atoms with E-state index in [0.29, 0.717) is 12.5 Å². The van der Waals surface area contributed by atoms with Crippen molar-refractivity contribution in [2.75, 3.05) is 11.4 Å². The van der Waals surface area contributed by atoms with E-state index in [2.05, 4.69) is 0 Å². The van der Waals surface area contributed by atoms with Gasteiger partial charge in [0.05, 0.1) is 11.3 Å². The first-order valence-electron chi connectivity index (χ1n) is 5.67. The highest BCUT2D eigenvalue weighted by atomic mass is 35.7. The highest BCUT2D eigenvalue weighted by molar-refractivity contribution is 8.13. The lowest BCUT2D eigenvalue weighted by molar-refractivity contribution is -0.117. The number of benzene rings is 1. The van der Waals surface area contributed by atoms with Crippen LogP contribution in [0.3, 0.4) is 0 Å². The summed E-state index contributed by atoms with van der Waals surface area (Å²) >= 11 is 0. The second kappa shape index (κ2) is 4.55. The number of rotatable bonds is 3. The SMILES string of the molecule is CC(C)CN1C(=O)Cc2cc(S(=O)(=O)Cl)ccc21. The van der Waals surface area contributed by atoms with Gasteiger partial charge >= 0.3 is 0 Å². The van der Waals surface area contributed by atoms with Gasteiger partial charge in [-0.1, -0.05) is 13.8 Å². The predicted molar refractivity (Wildman–Crippen MR) is 70.4 cm³/mol. The summed E-state index contributed by atoms with van der Waals surface area (Å²) in [7, 11) is 1.55. The van der Waals surface area contributed by atoms with Gasteiger partial charge in [-0.15, -0.1) is 0 Å². The van der Waals surface area contributed by atoms with E-state index >= 15 is 0 Å². The van der Waals surface area contributed by atoms with Crippen LogP contribution >= 0.6 is 10.7 Å². The quantitative estimate of drug-likeness (QED) is 0.801. The van der Waals surface area contributed by atoms with Gasteiger partial charge in [-0.25, -0.2) is 8.42 Å². The van der Waals surface area contributed by atoms with Crippen LogP contribution in [-0.2, 0) is 20.3 Å². The van der Waals surface area contributed by atoms with Crippen molar-refractivity contribution in [2.45, 2.75) is 25.2 Å². The van der Waals surface area contributed by atoms with Crippen LogP contribution in [0, 0.1) is 5.92 Å². The van der Waals surface area contributed by atoms with Crippen LogP contribution in [0.5, 0.6) is 0 Å². The third-order valence-electron chi connectivity index (χ3n) is 2.81. The number of carbonyl (C=O) groups excluding carboxylic acids is 1. The summed E-state index contributed by atoms with van der Waals surface area (Å²) < 4.78 is 22.5. The van der Waals surface area contributed by atoms with Gasteiger partial charge in [0.15, 0.2) is 0 Å². The van der Waals surface area contributed by atoms with Crippen molar-refractivity contribution >= 4 is 31.3 Å². The molecule has 1 aromatic rings. The van der Waals surface area contributed by atoms with Gasteiger partial charge in [0.1, 0.15) is 0 Å². The normalized spacial score (nSPS) is 15.3. The molecule has 0 radical (unpaired) electrons. The van der Waals surface area contributed by atoms with Crippen molar-refractivity contribution in [3.8, 4) is 0 Å². The average Bonchev–Trinajstić information content (AvgIpc) is 2.53. The molecule has 0 saturated heterocycles. The van der Waals surface area contributed by atoms with Crippen LogP contribution in [0.15, 0.2) is 23.1 Å². The first-order chi connectivity index (χ1) is 8.29. The lowest BCUT2D eigenvalue weighted by Gasteiger charge is -2.19. The van der Waals surface area contributed by atoms with Gasteiger partial charge < -0.3 is 4.90 Å². The Morgan fingerprint density at radius 3 is 2.61 bits per heavy atom. The van der Waals surface area contributed by atoms with Crippen molar-refractivity contribution in [3.63, 3.8) is 0 Å². The fraction of sp³-hybridized carbons (Fsp3) is 0.417. The van der Waals surface area contributed by atoms with Gasteiger partial charge in [0.25, 0.3) is 9.05 Å². The monoisotopic (exact) mass is 287 g/mol. The van der Waals surface area contributed by atoms with Crippen molar-refractivity contribution in [1.29, 1.82) is 0 Å². The van der Waals surface area contributed by atoms with Crippen molar-refractivity contribution in [1.82, 2.24) is 0 Å². The molecule has 0 N–H and O–H groups in total. The molecule has 6 heteroatoms. The number of hydrogen-bond acceptors (Lipinski definition) is 3. The molecule has 1 aliphatic rings. The zero-order valence-electron chi connectivity index (χ0n) is 10.2. The number of fused-ring (bicyclic) bond motifs is 1. The molecule has 18 heavy (non-hydrogen) atoms. The Morgan fingerprint density at radius 2 is 2.06 bits per heavy atom. The van der Waals surface area contributed by atoms with E-state index in [1.54, 1.807) is 11.0 Å². The predicted octanol–water partition coefficient (Wildman–Crippen LogP) is 2.16. The maximum Gasteiger partial charge on any atom is 0.261 e. The van der Waals surface area contributed by atoms with Crippen molar-refractivity contribution in [3.05, 3.63) is 23.8 Å². The fourth-order valence-corrected chi connectivity index (χ4v) is 2.88. The van der Waals surface area contributed by atoms with Crippen LogP contribution in [0.1, 0.15) is 19.4 Å². The summed E-state index contributed by atoms with van der Waals surface area (Å²) in [6.07, 6.45) is 0.238. The Labute approximate surface area is 111 Å². The minimum atomic E-state index is -3.74. The fourth-order valence-electron chi connectivity index (χ4n) is 2.08. The standard InChI is InChI=1S/C12H14ClNO3S/c1-8(2)7-14-11-4-3-10(18(13,16)17)5-9(11)6-12(14)15/h3-5,8H,6-7H2,1-2H3. The smallest absolute Gasteiger partial charge is 0.261 e. The molecule has 0 aromatic heterocycles. The number of anilines is 1. The lowest BCUT2D eigenvalue weighted by Crippen LogP contribution is -2.30. The molecule has 0 spiro atoms. The minimum Gasteiger partial charge on any atom is -0.312 e. The second-order valence-electron chi connectivity index (χ2n) is 4.80. The zero-order valence-corrected chi connectivity index (χ0v) is 11.8. The first kappa shape index (κ1) is 13.4. The molecule has 1 aromatic carbocycles. The maximum absolute atomic E-state index is 11.9. The summed E-state index contributed by atoms with van der Waals surface area (Å²) in [4.78, 5) is 13.6. The summed E-state index contributed by atoms with van der Waals surface area (Å²) in [5.74, 6) is 0.360. The van der Waals surface area contributed by atoms with Gasteiger partial charge in [0, 0.05) is 22.9 Å². The zero-order chi connectivity index (χ0) is 13.5. The molecule has 1 aliphatic heterocycles. The molecule has 0 unspecified atom stereocenters. The summed E-state index contributed by atoms with van der Waals surface area (Å²) in [6, 6.07) is 4.57. The summed E-state index contributed by atoms with van der Waals surface area (Å²) in [5.41, 5.74) is 1.51. The number of nitrogens with zero attached hydrogens (tertiary/aromatic N) is 1. The molecule has 1 heterocycles. The van der Waals surface area contributed by atoms with E-state index in [1.165, 1.54) is 12.1 Å². The molecule has 0 atom stereocenters. The van der Waals surface area contributed by atoms with E-state index < -0.39 is 9.05 Å². The molecule has 2 rings (SSSR count). The second-order valence-corrected chi connectivity index (χ2v) is 7.37. The third-order valence-corrected chi connectivity index (χ3v) is 4.17. The molecule has 0 fully saturated rings. The topological polar surface area (TPSA) is 54.5 Å². The molecule has 98 valence electrons. The molecule has 0 saturated carbocycles.